The van der Waals surface area contributed by atoms with Gasteiger partial charge in [-0.05, 0) is 58.0 Å². The molecular formula is C16H14IN3. The fraction of sp³-hybridized carbons (Fsp3) is 0.0625. The topological polar surface area (TPSA) is 43.8 Å². The average molecular weight is 375 g/mol. The number of anilines is 1. The Morgan fingerprint density at radius 1 is 1.05 bits per heavy atom. The van der Waals surface area contributed by atoms with E-state index in [9.17, 15) is 0 Å². The van der Waals surface area contributed by atoms with Crippen LogP contribution in [0.3, 0.4) is 0 Å². The molecule has 0 saturated carbocycles. The van der Waals surface area contributed by atoms with Crippen LogP contribution in [-0.4, -0.2) is 9.78 Å². The number of benzene rings is 2. The number of hydrogen-bond acceptors (Lipinski definition) is 2. The quantitative estimate of drug-likeness (QED) is 0.559. The maximum Gasteiger partial charge on any atom is 0.0659 e. The predicted molar refractivity (Wildman–Crippen MR) is 90.3 cm³/mol. The van der Waals surface area contributed by atoms with Crippen molar-refractivity contribution < 1.29 is 0 Å². The van der Waals surface area contributed by atoms with Crippen molar-refractivity contribution in [1.29, 1.82) is 0 Å². The van der Waals surface area contributed by atoms with Gasteiger partial charge in [0.2, 0.25) is 0 Å². The van der Waals surface area contributed by atoms with Crippen LogP contribution in [0.25, 0.3) is 11.1 Å². The van der Waals surface area contributed by atoms with Crippen molar-refractivity contribution in [2.45, 2.75) is 6.54 Å². The van der Waals surface area contributed by atoms with Crippen molar-refractivity contribution in [2.24, 2.45) is 0 Å². The molecule has 2 N–H and O–H groups in total. The number of nitrogens with two attached hydrogens (primary N) is 1. The highest BCUT2D eigenvalue weighted by molar-refractivity contribution is 14.1. The largest absolute Gasteiger partial charge is 0.399 e. The van der Waals surface area contributed by atoms with Crippen molar-refractivity contribution in [3.05, 3.63) is 70.1 Å². The van der Waals surface area contributed by atoms with E-state index in [0.717, 1.165) is 23.4 Å². The van der Waals surface area contributed by atoms with E-state index in [1.54, 1.807) is 0 Å². The number of halogens is 1. The van der Waals surface area contributed by atoms with Crippen LogP contribution in [0, 0.1) is 3.57 Å². The molecule has 0 unspecified atom stereocenters. The maximum atomic E-state index is 5.81. The molecule has 0 bridgehead atoms. The lowest BCUT2D eigenvalue weighted by atomic mass is 10.1. The van der Waals surface area contributed by atoms with Gasteiger partial charge in [-0.15, -0.1) is 0 Å². The molecule has 0 fully saturated rings. The van der Waals surface area contributed by atoms with Crippen molar-refractivity contribution in [3.8, 4) is 11.1 Å². The number of rotatable bonds is 3. The molecule has 0 radical (unpaired) electrons. The molecule has 4 heteroatoms. The van der Waals surface area contributed by atoms with E-state index in [1.165, 1.54) is 9.13 Å². The second-order valence-corrected chi connectivity index (χ2v) is 5.92. The Morgan fingerprint density at radius 2 is 1.85 bits per heavy atom. The van der Waals surface area contributed by atoms with Gasteiger partial charge in [0.25, 0.3) is 0 Å². The van der Waals surface area contributed by atoms with Gasteiger partial charge in [0.15, 0.2) is 0 Å². The van der Waals surface area contributed by atoms with E-state index >= 15 is 0 Å². The van der Waals surface area contributed by atoms with Gasteiger partial charge in [-0.25, -0.2) is 0 Å². The standard InChI is InChI=1S/C16H14IN3/c17-15-6-4-12(5-7-15)10-20-11-14(9-19-20)13-2-1-3-16(18)8-13/h1-9,11H,10,18H2. The van der Waals surface area contributed by atoms with Gasteiger partial charge in [-0.2, -0.15) is 5.10 Å². The van der Waals surface area contributed by atoms with E-state index in [-0.39, 0.29) is 0 Å². The molecule has 0 aliphatic carbocycles. The van der Waals surface area contributed by atoms with Crippen LogP contribution < -0.4 is 5.73 Å². The van der Waals surface area contributed by atoms with Crippen molar-refractivity contribution in [2.75, 3.05) is 5.73 Å². The number of hydrogen-bond donors (Lipinski definition) is 1. The Morgan fingerprint density at radius 3 is 2.60 bits per heavy atom. The van der Waals surface area contributed by atoms with Crippen molar-refractivity contribution in [3.63, 3.8) is 0 Å². The summed E-state index contributed by atoms with van der Waals surface area (Å²) in [6, 6.07) is 16.3. The first-order chi connectivity index (χ1) is 9.70. The molecule has 2 aromatic carbocycles. The molecule has 0 aliphatic rings. The summed E-state index contributed by atoms with van der Waals surface area (Å²) in [7, 11) is 0. The first kappa shape index (κ1) is 13.2. The lowest BCUT2D eigenvalue weighted by molar-refractivity contribution is 0.687. The Labute approximate surface area is 131 Å². The summed E-state index contributed by atoms with van der Waals surface area (Å²) in [4.78, 5) is 0. The molecule has 0 atom stereocenters. The minimum Gasteiger partial charge on any atom is -0.399 e. The van der Waals surface area contributed by atoms with Gasteiger partial charge >= 0.3 is 0 Å². The van der Waals surface area contributed by atoms with Crippen LogP contribution >= 0.6 is 22.6 Å². The fourth-order valence-electron chi connectivity index (χ4n) is 2.09. The van der Waals surface area contributed by atoms with Crippen LogP contribution in [0.4, 0.5) is 5.69 Å². The molecule has 0 spiro atoms. The molecule has 3 nitrogen and oxygen atoms in total. The molecule has 100 valence electrons. The summed E-state index contributed by atoms with van der Waals surface area (Å²) in [6.07, 6.45) is 3.92. The zero-order valence-electron chi connectivity index (χ0n) is 10.8. The third-order valence-corrected chi connectivity index (χ3v) is 3.83. The number of aromatic nitrogens is 2. The lowest BCUT2D eigenvalue weighted by Crippen LogP contribution is -1.99. The Kier molecular flexibility index (Phi) is 3.73. The third kappa shape index (κ3) is 3.01. The van der Waals surface area contributed by atoms with Crippen LogP contribution in [-0.2, 0) is 6.54 Å². The highest BCUT2D eigenvalue weighted by atomic mass is 127. The van der Waals surface area contributed by atoms with Gasteiger partial charge in [0.1, 0.15) is 0 Å². The zero-order chi connectivity index (χ0) is 13.9. The van der Waals surface area contributed by atoms with Crippen LogP contribution in [0.2, 0.25) is 0 Å². The van der Waals surface area contributed by atoms with E-state index in [0.29, 0.717) is 0 Å². The summed E-state index contributed by atoms with van der Waals surface area (Å²) < 4.78 is 3.19. The summed E-state index contributed by atoms with van der Waals surface area (Å²) in [5, 5.41) is 4.41. The van der Waals surface area contributed by atoms with Crippen LogP contribution in [0.15, 0.2) is 60.9 Å². The molecule has 3 rings (SSSR count). The minimum atomic E-state index is 0.771. The molecule has 1 aromatic heterocycles. The molecule has 20 heavy (non-hydrogen) atoms. The highest BCUT2D eigenvalue weighted by Gasteiger charge is 2.03. The summed E-state index contributed by atoms with van der Waals surface area (Å²) in [6.45, 7) is 0.777. The minimum absolute atomic E-state index is 0.771. The van der Waals surface area contributed by atoms with Gasteiger partial charge in [-0.1, -0.05) is 24.3 Å². The normalized spacial score (nSPS) is 10.7. The second-order valence-electron chi connectivity index (χ2n) is 4.68. The fourth-order valence-corrected chi connectivity index (χ4v) is 2.45. The van der Waals surface area contributed by atoms with Crippen LogP contribution in [0.5, 0.6) is 0 Å². The third-order valence-electron chi connectivity index (χ3n) is 3.11. The summed E-state index contributed by atoms with van der Waals surface area (Å²) in [5.74, 6) is 0. The summed E-state index contributed by atoms with van der Waals surface area (Å²) >= 11 is 2.31. The van der Waals surface area contributed by atoms with Gasteiger partial charge in [-0.3, -0.25) is 4.68 Å². The Balaban J connectivity index is 1.82. The number of nitrogens with zero attached hydrogens (tertiary/aromatic N) is 2. The summed E-state index contributed by atoms with van der Waals surface area (Å²) in [5.41, 5.74) is 10.0. The smallest absolute Gasteiger partial charge is 0.0659 e. The Bertz CT molecular complexity index is 717. The zero-order valence-corrected chi connectivity index (χ0v) is 13.0. The lowest BCUT2D eigenvalue weighted by Gasteiger charge is -2.02. The van der Waals surface area contributed by atoms with Crippen molar-refractivity contribution in [1.82, 2.24) is 9.78 Å². The van der Waals surface area contributed by atoms with Crippen molar-refractivity contribution >= 4 is 28.3 Å². The van der Waals surface area contributed by atoms with E-state index in [2.05, 4.69) is 52.0 Å². The average Bonchev–Trinajstić information content (AvgIpc) is 2.90. The molecule has 0 aliphatic heterocycles. The molecule has 3 aromatic rings. The molecule has 1 heterocycles. The highest BCUT2D eigenvalue weighted by Crippen LogP contribution is 2.21. The monoisotopic (exact) mass is 375 g/mol. The first-order valence-electron chi connectivity index (χ1n) is 6.33. The predicted octanol–water partition coefficient (Wildman–Crippen LogP) is 3.79. The SMILES string of the molecule is Nc1cccc(-c2cnn(Cc3ccc(I)cc3)c2)c1. The van der Waals surface area contributed by atoms with Gasteiger partial charge in [0.05, 0.1) is 12.7 Å². The van der Waals surface area contributed by atoms with Gasteiger partial charge < -0.3 is 5.73 Å². The number of nitrogen functional groups attached to an aromatic ring is 1. The van der Waals surface area contributed by atoms with Gasteiger partial charge in [0, 0.05) is 21.0 Å². The van der Waals surface area contributed by atoms with E-state index in [4.69, 9.17) is 5.73 Å². The molecule has 0 saturated heterocycles. The van der Waals surface area contributed by atoms with E-state index in [1.807, 2.05) is 41.3 Å². The molecule has 0 amide bonds. The first-order valence-corrected chi connectivity index (χ1v) is 7.41. The maximum absolute atomic E-state index is 5.81. The van der Waals surface area contributed by atoms with Crippen LogP contribution in [0.1, 0.15) is 5.56 Å². The molecular weight excluding hydrogens is 361 g/mol. The second kappa shape index (κ2) is 5.66. The Hall–Kier alpha value is -1.82. The van der Waals surface area contributed by atoms with E-state index < -0.39 is 0 Å².